The Morgan fingerprint density at radius 3 is 2.25 bits per heavy atom. The van der Waals surface area contributed by atoms with Gasteiger partial charge in [-0.05, 0) is 94.3 Å². The van der Waals surface area contributed by atoms with Crippen LogP contribution in [0.5, 0.6) is 5.75 Å². The first-order valence-electron chi connectivity index (χ1n) is 21.3. The third-order valence-corrected chi connectivity index (χ3v) is 12.8. The molecule has 5 atom stereocenters. The number of carbonyl (C=O) groups is 4. The zero-order valence-electron chi connectivity index (χ0n) is 36.0. The van der Waals surface area contributed by atoms with Crippen LogP contribution in [0.2, 0.25) is 0 Å². The topological polar surface area (TPSA) is 164 Å². The van der Waals surface area contributed by atoms with Crippen LogP contribution in [0.1, 0.15) is 75.6 Å². The number of amides is 4. The molecule has 0 saturated carbocycles. The lowest BCUT2D eigenvalue weighted by atomic mass is 9.93. The van der Waals surface area contributed by atoms with Crippen molar-refractivity contribution in [1.82, 2.24) is 30.4 Å². The molecule has 322 valence electrons. The van der Waals surface area contributed by atoms with E-state index in [1.807, 2.05) is 37.5 Å². The van der Waals surface area contributed by atoms with E-state index in [1.165, 1.54) is 30.7 Å². The number of ether oxygens (including phenoxy) is 4. The van der Waals surface area contributed by atoms with Crippen molar-refractivity contribution in [2.24, 2.45) is 17.8 Å². The quantitative estimate of drug-likeness (QED) is 0.144. The number of benzene rings is 3. The van der Waals surface area contributed by atoms with E-state index in [-0.39, 0.29) is 41.7 Å². The van der Waals surface area contributed by atoms with Gasteiger partial charge in [-0.2, -0.15) is 0 Å². The van der Waals surface area contributed by atoms with E-state index in [0.717, 1.165) is 70.5 Å². The van der Waals surface area contributed by atoms with Crippen LogP contribution in [0.3, 0.4) is 0 Å². The molecule has 0 radical (unpaired) electrons. The van der Waals surface area contributed by atoms with Gasteiger partial charge in [-0.25, -0.2) is 14.6 Å². The van der Waals surface area contributed by atoms with Gasteiger partial charge in [0.1, 0.15) is 30.3 Å². The fraction of sp³-hybridized carbons (Fsp3) is 0.468. The summed E-state index contributed by atoms with van der Waals surface area (Å²) in [6.45, 7) is 9.69. The normalized spacial score (nSPS) is 20.1. The highest BCUT2D eigenvalue weighted by atomic mass is 16.5. The third-order valence-electron chi connectivity index (χ3n) is 12.8. The zero-order valence-corrected chi connectivity index (χ0v) is 36.0. The summed E-state index contributed by atoms with van der Waals surface area (Å²) in [6.07, 6.45) is 4.11. The van der Waals surface area contributed by atoms with Gasteiger partial charge >= 0.3 is 12.2 Å². The monoisotopic (exact) mass is 832 g/mol. The van der Waals surface area contributed by atoms with E-state index in [9.17, 15) is 19.2 Å². The number of aromatic nitrogens is 2. The molecule has 2 saturated heterocycles. The van der Waals surface area contributed by atoms with Crippen LogP contribution in [0.15, 0.2) is 54.1 Å². The zero-order chi connectivity index (χ0) is 43.1. The van der Waals surface area contributed by atoms with Crippen molar-refractivity contribution < 1.29 is 38.1 Å². The van der Waals surface area contributed by atoms with Gasteiger partial charge in [-0.15, -0.1) is 0 Å². The van der Waals surface area contributed by atoms with Crippen LogP contribution in [-0.4, -0.2) is 103 Å². The molecule has 3 aliphatic heterocycles. The van der Waals surface area contributed by atoms with E-state index >= 15 is 0 Å². The van der Waals surface area contributed by atoms with E-state index in [0.29, 0.717) is 32.1 Å². The Bertz CT molecular complexity index is 2390. The highest BCUT2D eigenvalue weighted by Crippen LogP contribution is 2.43. The number of carbonyl (C=O) groups excluding carboxylic acids is 4. The fourth-order valence-corrected chi connectivity index (χ4v) is 9.62. The number of methoxy groups -OCH3 is 3. The van der Waals surface area contributed by atoms with Crippen LogP contribution >= 0.6 is 0 Å². The maximum atomic E-state index is 14.1. The lowest BCUT2D eigenvalue weighted by Gasteiger charge is -2.31. The lowest BCUT2D eigenvalue weighted by Crippen LogP contribution is -2.52. The van der Waals surface area contributed by atoms with Crippen molar-refractivity contribution in [2.45, 2.75) is 84.2 Å². The number of rotatable bonds is 11. The third kappa shape index (κ3) is 8.05. The summed E-state index contributed by atoms with van der Waals surface area (Å²) >= 11 is 0. The predicted octanol–water partition coefficient (Wildman–Crippen LogP) is 7.02. The molecule has 0 spiro atoms. The summed E-state index contributed by atoms with van der Waals surface area (Å²) in [5.41, 5.74) is 8.25. The summed E-state index contributed by atoms with van der Waals surface area (Å²) in [4.78, 5) is 64.4. The molecule has 1 aromatic heterocycles. The van der Waals surface area contributed by atoms with Crippen molar-refractivity contribution in [1.29, 1.82) is 0 Å². The minimum Gasteiger partial charge on any atom is -0.487 e. The molecule has 14 nitrogen and oxygen atoms in total. The first-order valence-corrected chi connectivity index (χ1v) is 21.3. The number of aromatic amines is 1. The number of imidazole rings is 1. The summed E-state index contributed by atoms with van der Waals surface area (Å²) < 4.78 is 21.5. The molecule has 4 aromatic rings. The molecule has 4 amide bonds. The lowest BCUT2D eigenvalue weighted by molar-refractivity contribution is -0.136. The predicted molar refractivity (Wildman–Crippen MR) is 230 cm³/mol. The molecule has 14 heteroatoms. The van der Waals surface area contributed by atoms with Crippen molar-refractivity contribution >= 4 is 40.8 Å². The molecule has 4 aliphatic rings. The molecule has 0 bridgehead atoms. The molecular weight excluding hydrogens is 777 g/mol. The standard InChI is InChI=1S/C47H56N6O8/c1-25(2)40(50-46(56)59-6)44(54)52-16-8-9-37(52)43-48-36-24-61-39-21-29(13-15-34(39)42(36)49-43)28-12-14-33-30(18-28)10-11-31-19-32(20-35(31)33)38-17-27(23-58-5)22-53(38)45(55)41(26(3)4)51-47(57)60-7/h10-15,18-19,21,25-27,37-38,40-41H,8-9,16-17,20,22-24H2,1-7H3,(H,48,49)(H,50,56)(H,51,57)/t27-,37-,38-,40-,41-/m0/s1. The molecule has 61 heavy (non-hydrogen) atoms. The highest BCUT2D eigenvalue weighted by Gasteiger charge is 2.42. The Hall–Kier alpha value is -5.89. The van der Waals surface area contributed by atoms with Crippen molar-refractivity contribution in [3.8, 4) is 28.1 Å². The van der Waals surface area contributed by atoms with E-state index in [2.05, 4.69) is 70.2 Å². The Balaban J connectivity index is 1.00. The Morgan fingerprint density at radius 1 is 0.869 bits per heavy atom. The summed E-state index contributed by atoms with van der Waals surface area (Å²) in [5.74, 6) is 1.16. The number of nitrogens with one attached hydrogen (secondary N) is 3. The molecule has 4 heterocycles. The van der Waals surface area contributed by atoms with Crippen LogP contribution in [0.4, 0.5) is 9.59 Å². The number of nitrogens with zero attached hydrogens (tertiary/aromatic N) is 3. The summed E-state index contributed by atoms with van der Waals surface area (Å²) in [5, 5.41) is 7.78. The van der Waals surface area contributed by atoms with Crippen molar-refractivity contribution in [3.63, 3.8) is 0 Å². The van der Waals surface area contributed by atoms with Gasteiger partial charge in [-0.1, -0.05) is 64.1 Å². The maximum Gasteiger partial charge on any atom is 0.407 e. The fourth-order valence-electron chi connectivity index (χ4n) is 9.62. The van der Waals surface area contributed by atoms with Crippen LogP contribution in [0, 0.1) is 17.8 Å². The first kappa shape index (κ1) is 41.8. The second-order valence-corrected chi connectivity index (χ2v) is 17.4. The Kier molecular flexibility index (Phi) is 11.8. The number of fused-ring (bicyclic) bond motifs is 6. The number of alkyl carbamates (subject to hydrolysis) is 2. The number of hydrogen-bond acceptors (Lipinski definition) is 9. The van der Waals surface area contributed by atoms with Gasteiger partial charge in [0.2, 0.25) is 11.8 Å². The average Bonchev–Trinajstić information content (AvgIpc) is 4.09. The van der Waals surface area contributed by atoms with Gasteiger partial charge in [0.25, 0.3) is 0 Å². The van der Waals surface area contributed by atoms with Crippen molar-refractivity contribution in [3.05, 3.63) is 76.7 Å². The van der Waals surface area contributed by atoms with Gasteiger partial charge in [-0.3, -0.25) is 9.59 Å². The number of hydrogen-bond donors (Lipinski definition) is 3. The van der Waals surface area contributed by atoms with Gasteiger partial charge in [0, 0.05) is 31.7 Å². The molecule has 2 fully saturated rings. The van der Waals surface area contributed by atoms with Gasteiger partial charge in [0.05, 0.1) is 44.3 Å². The van der Waals surface area contributed by atoms with Gasteiger partial charge < -0.3 is 44.4 Å². The van der Waals surface area contributed by atoms with E-state index < -0.39 is 24.3 Å². The molecule has 3 N–H and O–H groups in total. The highest BCUT2D eigenvalue weighted by molar-refractivity contribution is 5.95. The van der Waals surface area contributed by atoms with Crippen LogP contribution < -0.4 is 15.4 Å². The molecule has 1 aliphatic carbocycles. The minimum atomic E-state index is -0.707. The van der Waals surface area contributed by atoms with E-state index in [4.69, 9.17) is 23.9 Å². The smallest absolute Gasteiger partial charge is 0.407 e. The Labute approximate surface area is 356 Å². The van der Waals surface area contributed by atoms with E-state index in [1.54, 1.807) is 7.11 Å². The second kappa shape index (κ2) is 17.2. The number of likely N-dealkylation sites (tertiary alicyclic amines) is 2. The SMILES string of the molecule is COC[C@H]1C[C@@H](C2=Cc3ccc4cc(-c5ccc6c(c5)OCc5[nH]c([C@@H]7CCCN7C(=O)[C@@H](NC(=O)OC)C(C)C)nc5-6)ccc4c3C2)N(C(=O)[C@@H](NC(=O)OC)C(C)C)C1. The average molecular weight is 833 g/mol. The molecule has 3 aromatic carbocycles. The number of H-pyrrole nitrogens is 1. The maximum absolute atomic E-state index is 14.1. The Morgan fingerprint density at radius 2 is 1.56 bits per heavy atom. The minimum absolute atomic E-state index is 0.105. The molecular formula is C47H56N6O8. The largest absolute Gasteiger partial charge is 0.487 e. The molecule has 8 rings (SSSR count). The second-order valence-electron chi connectivity index (χ2n) is 17.4. The van der Waals surface area contributed by atoms with Crippen LogP contribution in [-0.2, 0) is 36.8 Å². The van der Waals surface area contributed by atoms with Crippen molar-refractivity contribution in [2.75, 3.05) is 41.0 Å². The first-order chi connectivity index (χ1) is 29.4. The summed E-state index contributed by atoms with van der Waals surface area (Å²) in [6, 6.07) is 15.4. The molecule has 0 unspecified atom stereocenters. The summed E-state index contributed by atoms with van der Waals surface area (Å²) in [7, 11) is 4.29. The van der Waals surface area contributed by atoms with Gasteiger partial charge in [0.15, 0.2) is 0 Å². The van der Waals surface area contributed by atoms with Crippen LogP contribution in [0.25, 0.3) is 39.2 Å².